The molecule has 1 aliphatic rings. The summed E-state index contributed by atoms with van der Waals surface area (Å²) in [5.41, 5.74) is 7.98. The highest BCUT2D eigenvalue weighted by molar-refractivity contribution is 6.30. The summed E-state index contributed by atoms with van der Waals surface area (Å²) in [5, 5.41) is 0.500. The monoisotopic (exact) mass is 415 g/mol. The van der Waals surface area contributed by atoms with Crippen molar-refractivity contribution in [1.29, 1.82) is 0 Å². The van der Waals surface area contributed by atoms with E-state index in [-0.39, 0.29) is 0 Å². The van der Waals surface area contributed by atoms with Gasteiger partial charge in [0.1, 0.15) is 0 Å². The molecule has 1 saturated carbocycles. The lowest BCUT2D eigenvalue weighted by Gasteiger charge is -2.07. The van der Waals surface area contributed by atoms with E-state index in [0.29, 0.717) is 16.6 Å². The van der Waals surface area contributed by atoms with Crippen LogP contribution < -0.4 is 10.9 Å². The van der Waals surface area contributed by atoms with Crippen molar-refractivity contribution in [2.75, 3.05) is 6.61 Å². The number of hydrogen-bond acceptors (Lipinski definition) is 4. The van der Waals surface area contributed by atoms with Gasteiger partial charge in [0.25, 0.3) is 11.8 Å². The summed E-state index contributed by atoms with van der Waals surface area (Å²) in [5.74, 6) is -1.80. The molecule has 2 N–H and O–H groups in total. The Morgan fingerprint density at radius 1 is 1.17 bits per heavy atom. The number of esters is 1. The quantitative estimate of drug-likeness (QED) is 0.431. The molecule has 0 saturated heterocycles. The third kappa shape index (κ3) is 5.48. The van der Waals surface area contributed by atoms with Crippen molar-refractivity contribution < 1.29 is 19.1 Å². The van der Waals surface area contributed by atoms with Gasteiger partial charge in [0.05, 0.1) is 0 Å². The molecule has 0 spiro atoms. The number of hydrogen-bond donors (Lipinski definition) is 2. The first-order chi connectivity index (χ1) is 13.8. The topological polar surface area (TPSA) is 89.4 Å². The highest BCUT2D eigenvalue weighted by atomic mass is 35.5. The summed E-state index contributed by atoms with van der Waals surface area (Å²) < 4.78 is 7.18. The Hall–Kier alpha value is -3.06. The van der Waals surface area contributed by atoms with Gasteiger partial charge in [0, 0.05) is 34.1 Å². The second-order valence-corrected chi connectivity index (χ2v) is 7.31. The van der Waals surface area contributed by atoms with Gasteiger partial charge in [-0.15, -0.1) is 0 Å². The normalized spacial score (nSPS) is 13.3. The summed E-state index contributed by atoms with van der Waals surface area (Å²) in [7, 11) is 0. The highest BCUT2D eigenvalue weighted by Crippen LogP contribution is 2.38. The van der Waals surface area contributed by atoms with Crippen LogP contribution >= 0.6 is 11.6 Å². The van der Waals surface area contributed by atoms with Gasteiger partial charge in [-0.05, 0) is 68.7 Å². The number of amides is 2. The number of nitrogens with one attached hydrogen (secondary N) is 2. The van der Waals surface area contributed by atoms with Crippen LogP contribution in [0.2, 0.25) is 5.02 Å². The SMILES string of the molecule is Cc1cc(/C=C/C(=O)OCC(=O)NNC(=O)c2ccc(Cl)cc2)c(C)n1C1CC1. The van der Waals surface area contributed by atoms with E-state index in [1.807, 2.05) is 19.9 Å². The fourth-order valence-corrected chi connectivity index (χ4v) is 3.17. The van der Waals surface area contributed by atoms with E-state index in [9.17, 15) is 14.4 Å². The predicted molar refractivity (Wildman–Crippen MR) is 109 cm³/mol. The molecular formula is C21H22ClN3O4. The van der Waals surface area contributed by atoms with Crippen LogP contribution in [0.3, 0.4) is 0 Å². The van der Waals surface area contributed by atoms with Crippen LogP contribution in [0.1, 0.15) is 46.2 Å². The van der Waals surface area contributed by atoms with E-state index in [1.54, 1.807) is 18.2 Å². The van der Waals surface area contributed by atoms with Crippen molar-refractivity contribution in [2.24, 2.45) is 0 Å². The third-order valence-electron chi connectivity index (χ3n) is 4.60. The lowest BCUT2D eigenvalue weighted by Crippen LogP contribution is -2.43. The van der Waals surface area contributed by atoms with Crippen LogP contribution in [0.5, 0.6) is 0 Å². The van der Waals surface area contributed by atoms with E-state index >= 15 is 0 Å². The number of ether oxygens (including phenoxy) is 1. The van der Waals surface area contributed by atoms with Crippen LogP contribution in [0.4, 0.5) is 0 Å². The summed E-state index contributed by atoms with van der Waals surface area (Å²) in [6.45, 7) is 3.56. The first-order valence-electron chi connectivity index (χ1n) is 9.23. The number of carbonyl (C=O) groups is 3. The van der Waals surface area contributed by atoms with Crippen molar-refractivity contribution in [1.82, 2.24) is 15.4 Å². The van der Waals surface area contributed by atoms with Gasteiger partial charge in [-0.25, -0.2) is 4.79 Å². The maximum absolute atomic E-state index is 11.9. The summed E-state index contributed by atoms with van der Waals surface area (Å²) in [6, 6.07) is 8.76. The van der Waals surface area contributed by atoms with Gasteiger partial charge < -0.3 is 9.30 Å². The smallest absolute Gasteiger partial charge is 0.331 e. The molecule has 152 valence electrons. The average Bonchev–Trinajstić information content (AvgIpc) is 3.48. The van der Waals surface area contributed by atoms with Crippen LogP contribution in [0.25, 0.3) is 6.08 Å². The number of aromatic nitrogens is 1. The Bertz CT molecular complexity index is 959. The van der Waals surface area contributed by atoms with Gasteiger partial charge in [-0.2, -0.15) is 0 Å². The number of halogens is 1. The Morgan fingerprint density at radius 3 is 2.52 bits per heavy atom. The Morgan fingerprint density at radius 2 is 1.86 bits per heavy atom. The van der Waals surface area contributed by atoms with Crippen molar-refractivity contribution in [3.63, 3.8) is 0 Å². The molecule has 7 nitrogen and oxygen atoms in total. The first kappa shape index (κ1) is 20.7. The predicted octanol–water partition coefficient (Wildman–Crippen LogP) is 3.11. The van der Waals surface area contributed by atoms with E-state index in [1.165, 1.54) is 31.1 Å². The number of hydrazine groups is 1. The van der Waals surface area contributed by atoms with Gasteiger partial charge >= 0.3 is 5.97 Å². The Kier molecular flexibility index (Phi) is 6.39. The van der Waals surface area contributed by atoms with E-state index in [2.05, 4.69) is 15.4 Å². The van der Waals surface area contributed by atoms with Crippen LogP contribution in [0, 0.1) is 13.8 Å². The van der Waals surface area contributed by atoms with Gasteiger partial charge in [-0.3, -0.25) is 20.4 Å². The molecule has 29 heavy (non-hydrogen) atoms. The number of benzene rings is 1. The van der Waals surface area contributed by atoms with Gasteiger partial charge in [0.15, 0.2) is 6.61 Å². The average molecular weight is 416 g/mol. The molecule has 0 bridgehead atoms. The fourth-order valence-electron chi connectivity index (χ4n) is 3.04. The highest BCUT2D eigenvalue weighted by Gasteiger charge is 2.26. The molecule has 3 rings (SSSR count). The molecule has 1 fully saturated rings. The van der Waals surface area contributed by atoms with Crippen LogP contribution in [0.15, 0.2) is 36.4 Å². The fraction of sp³-hybridized carbons (Fsp3) is 0.286. The molecule has 0 atom stereocenters. The molecule has 0 aliphatic heterocycles. The Balaban J connectivity index is 1.43. The zero-order chi connectivity index (χ0) is 21.0. The molecule has 0 unspecified atom stereocenters. The van der Waals surface area contributed by atoms with Gasteiger partial charge in [0.2, 0.25) is 0 Å². The molecular weight excluding hydrogens is 394 g/mol. The minimum absolute atomic E-state index is 0.332. The number of rotatable bonds is 6. The lowest BCUT2D eigenvalue weighted by atomic mass is 10.2. The number of carbonyl (C=O) groups excluding carboxylic acids is 3. The maximum Gasteiger partial charge on any atom is 0.331 e. The van der Waals surface area contributed by atoms with Crippen molar-refractivity contribution in [2.45, 2.75) is 32.7 Å². The van der Waals surface area contributed by atoms with E-state index in [0.717, 1.165) is 17.0 Å². The summed E-state index contributed by atoms with van der Waals surface area (Å²) >= 11 is 5.76. The minimum Gasteiger partial charge on any atom is -0.452 e. The van der Waals surface area contributed by atoms with Crippen molar-refractivity contribution in [3.05, 3.63) is 63.9 Å². The van der Waals surface area contributed by atoms with Crippen LogP contribution in [-0.2, 0) is 14.3 Å². The molecule has 1 aromatic carbocycles. The lowest BCUT2D eigenvalue weighted by molar-refractivity contribution is -0.144. The first-order valence-corrected chi connectivity index (χ1v) is 9.61. The maximum atomic E-state index is 11.9. The second kappa shape index (κ2) is 8.96. The third-order valence-corrected chi connectivity index (χ3v) is 4.85. The molecule has 2 aromatic rings. The molecule has 1 aliphatic carbocycles. The zero-order valence-electron chi connectivity index (χ0n) is 16.2. The molecule has 1 heterocycles. The number of aryl methyl sites for hydroxylation is 1. The largest absolute Gasteiger partial charge is 0.452 e. The Labute approximate surface area is 173 Å². The molecule has 1 aromatic heterocycles. The van der Waals surface area contributed by atoms with Crippen molar-refractivity contribution >= 4 is 35.5 Å². The summed E-state index contributed by atoms with van der Waals surface area (Å²) in [4.78, 5) is 35.5. The van der Waals surface area contributed by atoms with Crippen LogP contribution in [-0.4, -0.2) is 29.0 Å². The van der Waals surface area contributed by atoms with E-state index < -0.39 is 24.4 Å². The molecule has 0 radical (unpaired) electrons. The summed E-state index contributed by atoms with van der Waals surface area (Å²) in [6.07, 6.45) is 5.35. The van der Waals surface area contributed by atoms with E-state index in [4.69, 9.17) is 16.3 Å². The van der Waals surface area contributed by atoms with Gasteiger partial charge in [-0.1, -0.05) is 11.6 Å². The zero-order valence-corrected chi connectivity index (χ0v) is 17.0. The minimum atomic E-state index is -0.652. The van der Waals surface area contributed by atoms with Crippen molar-refractivity contribution in [3.8, 4) is 0 Å². The standard InChI is InChI=1S/C21H22ClN3O4/c1-13-11-16(14(2)25(13)18-8-9-18)5-10-20(27)29-12-19(26)23-24-21(28)15-3-6-17(22)7-4-15/h3-7,10-11,18H,8-9,12H2,1-2H3,(H,23,26)(H,24,28)/b10-5+. The molecule has 2 amide bonds. The molecule has 8 heteroatoms. The second-order valence-electron chi connectivity index (χ2n) is 6.88. The number of nitrogens with zero attached hydrogens (tertiary/aromatic N) is 1.